The fourth-order valence-electron chi connectivity index (χ4n) is 4.44. The number of urea groups is 1. The van der Waals surface area contributed by atoms with Crippen LogP contribution in [-0.2, 0) is 13.0 Å². The molecular formula is C31H26Cl2N4O2. The maximum absolute atomic E-state index is 13.7. The first-order valence-corrected chi connectivity index (χ1v) is 13.4. The molecule has 4 aromatic carbocycles. The molecule has 1 heterocycles. The van der Waals surface area contributed by atoms with Crippen molar-refractivity contribution < 1.29 is 4.79 Å². The molecule has 0 unspecified atom stereocenters. The second-order valence-corrected chi connectivity index (χ2v) is 9.95. The third-order valence-electron chi connectivity index (χ3n) is 6.37. The number of benzene rings is 4. The van der Waals surface area contributed by atoms with Crippen LogP contribution in [0.1, 0.15) is 24.7 Å². The average Bonchev–Trinajstić information content (AvgIpc) is 2.93. The highest BCUT2D eigenvalue weighted by Gasteiger charge is 2.14. The van der Waals surface area contributed by atoms with Gasteiger partial charge in [-0.05, 0) is 53.9 Å². The summed E-state index contributed by atoms with van der Waals surface area (Å²) < 4.78 is 1.71. The Bertz CT molecular complexity index is 1720. The number of anilines is 2. The number of aromatic nitrogens is 2. The molecule has 0 aliphatic carbocycles. The van der Waals surface area contributed by atoms with E-state index in [1.54, 1.807) is 47.0 Å². The van der Waals surface area contributed by atoms with E-state index in [9.17, 15) is 9.59 Å². The Morgan fingerprint density at radius 3 is 2.31 bits per heavy atom. The van der Waals surface area contributed by atoms with Crippen LogP contribution in [0.25, 0.3) is 22.0 Å². The lowest BCUT2D eigenvalue weighted by molar-refractivity contribution is 0.262. The molecule has 0 spiro atoms. The highest BCUT2D eigenvalue weighted by atomic mass is 35.5. The second kappa shape index (κ2) is 11.7. The van der Waals surface area contributed by atoms with Crippen LogP contribution in [0.5, 0.6) is 0 Å². The van der Waals surface area contributed by atoms with Crippen molar-refractivity contribution in [3.8, 4) is 11.1 Å². The fourth-order valence-corrected chi connectivity index (χ4v) is 4.86. The minimum Gasteiger partial charge on any atom is -0.308 e. The van der Waals surface area contributed by atoms with E-state index in [1.165, 1.54) is 0 Å². The van der Waals surface area contributed by atoms with Crippen molar-refractivity contribution in [3.05, 3.63) is 123 Å². The normalized spacial score (nSPS) is 10.9. The van der Waals surface area contributed by atoms with Gasteiger partial charge >= 0.3 is 6.03 Å². The number of carbonyl (C=O) groups excluding carboxylic acids is 1. The smallest absolute Gasteiger partial charge is 0.308 e. The number of hydrogen-bond acceptors (Lipinski definition) is 3. The first kappa shape index (κ1) is 26.5. The summed E-state index contributed by atoms with van der Waals surface area (Å²) in [6.07, 6.45) is 1.52. The largest absolute Gasteiger partial charge is 0.323 e. The number of nitrogens with one attached hydrogen (secondary N) is 2. The van der Waals surface area contributed by atoms with Crippen LogP contribution in [0.15, 0.2) is 95.8 Å². The number of amides is 2. The van der Waals surface area contributed by atoms with Gasteiger partial charge in [0.15, 0.2) is 0 Å². The average molecular weight is 557 g/mol. The third-order valence-corrected chi connectivity index (χ3v) is 7.03. The van der Waals surface area contributed by atoms with Gasteiger partial charge in [-0.2, -0.15) is 0 Å². The van der Waals surface area contributed by atoms with E-state index in [4.69, 9.17) is 28.2 Å². The first-order chi connectivity index (χ1) is 18.9. The Labute approximate surface area is 236 Å². The summed E-state index contributed by atoms with van der Waals surface area (Å²) >= 11 is 12.5. The molecule has 196 valence electrons. The molecule has 0 aliphatic rings. The summed E-state index contributed by atoms with van der Waals surface area (Å²) in [4.78, 5) is 31.1. The number of fused-ring (bicyclic) bond motifs is 1. The summed E-state index contributed by atoms with van der Waals surface area (Å²) in [7, 11) is 0. The maximum atomic E-state index is 13.7. The molecular weight excluding hydrogens is 531 g/mol. The molecule has 0 saturated heterocycles. The summed E-state index contributed by atoms with van der Waals surface area (Å²) in [6, 6.07) is 27.4. The number of rotatable bonds is 7. The van der Waals surface area contributed by atoms with E-state index in [0.29, 0.717) is 45.3 Å². The molecule has 6 nitrogen and oxygen atoms in total. The molecule has 5 aromatic rings. The molecule has 0 fully saturated rings. The monoisotopic (exact) mass is 556 g/mol. The molecule has 0 radical (unpaired) electrons. The molecule has 0 atom stereocenters. The number of halogens is 2. The Kier molecular flexibility index (Phi) is 7.96. The number of carbonyl (C=O) groups is 1. The van der Waals surface area contributed by atoms with Crippen LogP contribution < -0.4 is 16.2 Å². The van der Waals surface area contributed by atoms with Gasteiger partial charge in [-0.15, -0.1) is 0 Å². The van der Waals surface area contributed by atoms with Crippen molar-refractivity contribution in [1.82, 2.24) is 9.55 Å². The van der Waals surface area contributed by atoms with Gasteiger partial charge < -0.3 is 10.6 Å². The summed E-state index contributed by atoms with van der Waals surface area (Å²) in [5.74, 6) is 0.724. The van der Waals surface area contributed by atoms with Crippen LogP contribution >= 0.6 is 23.2 Å². The quantitative estimate of drug-likeness (QED) is 0.213. The van der Waals surface area contributed by atoms with Crippen molar-refractivity contribution in [2.24, 2.45) is 0 Å². The van der Waals surface area contributed by atoms with Gasteiger partial charge in [-0.1, -0.05) is 84.7 Å². The minimum atomic E-state index is -0.461. The summed E-state index contributed by atoms with van der Waals surface area (Å²) in [6.45, 7) is 2.44. The standard InChI is InChI=1S/C31H26Cl2N4O2/c1-2-7-29-35-27-17-16-22(34-31(39)36-28-11-6-5-10-26(28)33)18-24(27)30(38)37(29)19-20-12-14-21(15-13-20)23-8-3-4-9-25(23)32/h3-6,8-18H,2,7,19H2,1H3,(H2,34,36,39). The molecule has 1 aromatic heterocycles. The van der Waals surface area contributed by atoms with Gasteiger partial charge in [0.2, 0.25) is 0 Å². The summed E-state index contributed by atoms with van der Waals surface area (Å²) in [5, 5.41) is 7.05. The van der Waals surface area contributed by atoms with Crippen LogP contribution in [0.2, 0.25) is 10.0 Å². The van der Waals surface area contributed by atoms with Crippen molar-refractivity contribution in [3.63, 3.8) is 0 Å². The zero-order chi connectivity index (χ0) is 27.4. The van der Waals surface area contributed by atoms with Crippen molar-refractivity contribution in [2.75, 3.05) is 10.6 Å². The predicted molar refractivity (Wildman–Crippen MR) is 160 cm³/mol. The number of nitrogens with zero attached hydrogens (tertiary/aromatic N) is 2. The SMILES string of the molecule is CCCc1nc2ccc(NC(=O)Nc3ccccc3Cl)cc2c(=O)n1Cc1ccc(-c2ccccc2Cl)cc1. The van der Waals surface area contributed by atoms with Gasteiger partial charge in [0.25, 0.3) is 5.56 Å². The molecule has 39 heavy (non-hydrogen) atoms. The molecule has 5 rings (SSSR count). The number of hydrogen-bond donors (Lipinski definition) is 2. The fraction of sp³-hybridized carbons (Fsp3) is 0.129. The van der Waals surface area contributed by atoms with Crippen LogP contribution in [0, 0.1) is 0 Å². The van der Waals surface area contributed by atoms with Crippen LogP contribution in [-0.4, -0.2) is 15.6 Å². The van der Waals surface area contributed by atoms with E-state index < -0.39 is 6.03 Å². The zero-order valence-corrected chi connectivity index (χ0v) is 22.8. The minimum absolute atomic E-state index is 0.159. The first-order valence-electron chi connectivity index (χ1n) is 12.6. The van der Waals surface area contributed by atoms with Gasteiger partial charge in [-0.3, -0.25) is 9.36 Å². The van der Waals surface area contributed by atoms with E-state index >= 15 is 0 Å². The Hall–Kier alpha value is -4.13. The van der Waals surface area contributed by atoms with Crippen molar-refractivity contribution in [1.29, 1.82) is 0 Å². The van der Waals surface area contributed by atoms with Crippen LogP contribution in [0.3, 0.4) is 0 Å². The maximum Gasteiger partial charge on any atom is 0.323 e. The topological polar surface area (TPSA) is 76.0 Å². The number of para-hydroxylation sites is 1. The van der Waals surface area contributed by atoms with Gasteiger partial charge in [-0.25, -0.2) is 9.78 Å². The third kappa shape index (κ3) is 5.98. The van der Waals surface area contributed by atoms with E-state index in [2.05, 4.69) is 17.6 Å². The molecule has 0 aliphatic heterocycles. The molecule has 0 saturated carbocycles. The lowest BCUT2D eigenvalue weighted by Crippen LogP contribution is -2.26. The highest BCUT2D eigenvalue weighted by molar-refractivity contribution is 6.34. The van der Waals surface area contributed by atoms with Crippen molar-refractivity contribution >= 4 is 51.5 Å². The van der Waals surface area contributed by atoms with Gasteiger partial charge in [0.05, 0.1) is 28.2 Å². The number of aryl methyl sites for hydroxylation is 1. The van der Waals surface area contributed by atoms with Crippen LogP contribution in [0.4, 0.5) is 16.2 Å². The Morgan fingerprint density at radius 2 is 1.59 bits per heavy atom. The molecule has 8 heteroatoms. The molecule has 2 N–H and O–H groups in total. The van der Waals surface area contributed by atoms with E-state index in [0.717, 1.165) is 28.9 Å². The van der Waals surface area contributed by atoms with E-state index in [-0.39, 0.29) is 5.56 Å². The molecule has 0 bridgehead atoms. The lowest BCUT2D eigenvalue weighted by Gasteiger charge is -2.15. The van der Waals surface area contributed by atoms with Gasteiger partial charge in [0, 0.05) is 22.7 Å². The Morgan fingerprint density at radius 1 is 0.872 bits per heavy atom. The highest BCUT2D eigenvalue weighted by Crippen LogP contribution is 2.28. The lowest BCUT2D eigenvalue weighted by atomic mass is 10.0. The zero-order valence-electron chi connectivity index (χ0n) is 21.2. The summed E-state index contributed by atoms with van der Waals surface area (Å²) in [5.41, 5.74) is 4.34. The predicted octanol–water partition coefficient (Wildman–Crippen LogP) is 8.02. The van der Waals surface area contributed by atoms with Gasteiger partial charge in [0.1, 0.15) is 5.82 Å². The van der Waals surface area contributed by atoms with E-state index in [1.807, 2.05) is 48.5 Å². The molecule has 2 amide bonds. The van der Waals surface area contributed by atoms with Crippen molar-refractivity contribution in [2.45, 2.75) is 26.3 Å². The Balaban J connectivity index is 1.43. The second-order valence-electron chi connectivity index (χ2n) is 9.14.